The van der Waals surface area contributed by atoms with Gasteiger partial charge < -0.3 is 20.8 Å². The quantitative estimate of drug-likeness (QED) is 0.474. The summed E-state index contributed by atoms with van der Waals surface area (Å²) in [5.74, 6) is 2.15. The van der Waals surface area contributed by atoms with E-state index in [-0.39, 0.29) is 12.3 Å². The molecule has 4 N–H and O–H groups in total. The van der Waals surface area contributed by atoms with E-state index in [2.05, 4.69) is 11.8 Å². The fraction of sp³-hybridized carbons (Fsp3) is 0.731. The number of aliphatic carboxylic acids is 1. The minimum absolute atomic E-state index is 0.0466. The smallest absolute Gasteiger partial charge is 0.303 e. The molecule has 8 heteroatoms. The summed E-state index contributed by atoms with van der Waals surface area (Å²) >= 11 is 1.75. The van der Waals surface area contributed by atoms with Gasteiger partial charge in [0.1, 0.15) is 10.8 Å². The average molecular weight is 488 g/mol. The highest BCUT2D eigenvalue weighted by Crippen LogP contribution is 2.62. The molecule has 186 valence electrons. The molecular formula is C26H37N3O4S. The number of carbonyl (C=O) groups is 2. The maximum Gasteiger partial charge on any atom is 0.303 e. The monoisotopic (exact) mass is 487 g/mol. The number of amides is 1. The van der Waals surface area contributed by atoms with E-state index in [1.54, 1.807) is 11.8 Å². The van der Waals surface area contributed by atoms with Crippen molar-refractivity contribution in [2.75, 3.05) is 23.7 Å². The van der Waals surface area contributed by atoms with Gasteiger partial charge in [-0.05, 0) is 98.3 Å². The number of hydrogen-bond donors (Lipinski definition) is 3. The van der Waals surface area contributed by atoms with Crippen LogP contribution in [0.1, 0.15) is 86.6 Å². The van der Waals surface area contributed by atoms with Gasteiger partial charge in [0.05, 0.1) is 11.2 Å². The predicted molar refractivity (Wildman–Crippen MR) is 132 cm³/mol. The van der Waals surface area contributed by atoms with Crippen molar-refractivity contribution in [1.82, 2.24) is 4.98 Å². The molecule has 1 amide bonds. The number of nitrogens with zero attached hydrogens (tertiary/aromatic N) is 2. The Labute approximate surface area is 205 Å². The summed E-state index contributed by atoms with van der Waals surface area (Å²) in [6.07, 6.45) is 7.86. The van der Waals surface area contributed by atoms with Gasteiger partial charge in [0.25, 0.3) is 5.91 Å². The number of aliphatic hydroxyl groups is 1. The Bertz CT molecular complexity index is 954. The summed E-state index contributed by atoms with van der Waals surface area (Å²) in [5.41, 5.74) is 7.00. The summed E-state index contributed by atoms with van der Waals surface area (Å²) < 4.78 is 0. The molecule has 4 saturated carbocycles. The first kappa shape index (κ1) is 23.9. The number of pyridine rings is 1. The van der Waals surface area contributed by atoms with Gasteiger partial charge in [-0.3, -0.25) is 9.59 Å². The van der Waals surface area contributed by atoms with Crippen LogP contribution in [0, 0.1) is 23.7 Å². The van der Waals surface area contributed by atoms with Crippen LogP contribution in [0.3, 0.4) is 0 Å². The summed E-state index contributed by atoms with van der Waals surface area (Å²) in [5, 5.41) is 21.3. The van der Waals surface area contributed by atoms with Crippen molar-refractivity contribution in [3.8, 4) is 0 Å². The third-order valence-electron chi connectivity index (χ3n) is 8.59. The molecule has 2 heterocycles. The van der Waals surface area contributed by atoms with Crippen molar-refractivity contribution in [3.05, 3.63) is 17.2 Å². The molecule has 1 aromatic heterocycles. The Kier molecular flexibility index (Phi) is 6.57. The summed E-state index contributed by atoms with van der Waals surface area (Å²) in [7, 11) is 0. The summed E-state index contributed by atoms with van der Waals surface area (Å²) in [6.45, 7) is 3.50. The molecule has 4 bridgehead atoms. The van der Waals surface area contributed by atoms with E-state index in [1.165, 1.54) is 0 Å². The molecule has 0 spiro atoms. The molecule has 0 aromatic carbocycles. The fourth-order valence-electron chi connectivity index (χ4n) is 7.64. The average Bonchev–Trinajstić information content (AvgIpc) is 2.76. The lowest BCUT2D eigenvalue weighted by atomic mass is 9.49. The molecule has 1 aromatic rings. The first-order valence-electron chi connectivity index (χ1n) is 12.9. The maximum atomic E-state index is 12.7. The molecule has 1 aliphatic heterocycles. The molecule has 2 unspecified atom stereocenters. The molecular weight excluding hydrogens is 450 g/mol. The number of carboxylic acid groups (broad SMARTS) is 1. The minimum Gasteiger partial charge on any atom is -0.481 e. The number of thioether (sulfide) groups is 1. The van der Waals surface area contributed by atoms with Crippen LogP contribution < -0.4 is 10.6 Å². The molecule has 0 radical (unpaired) electrons. The van der Waals surface area contributed by atoms with Gasteiger partial charge in [0.15, 0.2) is 0 Å². The standard InChI is InChI=1S/C26H37N3O4S/c1-2-6-34-25-19(22-17-7-16-8-18(22)13-26(33,11-16)12-17)10-20(23(27)32)24(28-25)29-5-3-4-15(14-29)9-21(30)31/h10,15-18,22,33H,2-9,11-14H2,1H3,(H2,27,32)(H,30,31)/t15-,16?,17?,18?,22?,26?/m0/s1. The van der Waals surface area contributed by atoms with Crippen LogP contribution in [-0.4, -0.2) is 51.5 Å². The Balaban J connectivity index is 1.52. The lowest BCUT2D eigenvalue weighted by molar-refractivity contribution is -0.138. The normalized spacial score (nSPS) is 34.4. The van der Waals surface area contributed by atoms with Gasteiger partial charge in [0, 0.05) is 19.5 Å². The first-order valence-corrected chi connectivity index (χ1v) is 13.9. The van der Waals surface area contributed by atoms with E-state index in [0.717, 1.165) is 74.3 Å². The first-order chi connectivity index (χ1) is 16.3. The highest BCUT2D eigenvalue weighted by atomic mass is 32.2. The zero-order valence-corrected chi connectivity index (χ0v) is 20.9. The second kappa shape index (κ2) is 9.34. The number of nitrogens with two attached hydrogens (primary N) is 1. The van der Waals surface area contributed by atoms with Crippen LogP contribution >= 0.6 is 11.8 Å². The lowest BCUT2D eigenvalue weighted by Gasteiger charge is -2.58. The number of piperidine rings is 1. The van der Waals surface area contributed by atoms with E-state index in [9.17, 15) is 19.8 Å². The molecule has 34 heavy (non-hydrogen) atoms. The fourth-order valence-corrected chi connectivity index (χ4v) is 8.55. The minimum atomic E-state index is -0.784. The second-order valence-electron chi connectivity index (χ2n) is 11.2. The van der Waals surface area contributed by atoms with Crippen LogP contribution in [0.5, 0.6) is 0 Å². The van der Waals surface area contributed by atoms with Crippen molar-refractivity contribution in [2.45, 2.75) is 81.3 Å². The van der Waals surface area contributed by atoms with Crippen molar-refractivity contribution < 1.29 is 19.8 Å². The van der Waals surface area contributed by atoms with Crippen LogP contribution in [0.15, 0.2) is 11.1 Å². The van der Waals surface area contributed by atoms with Crippen LogP contribution in [0.2, 0.25) is 0 Å². The maximum absolute atomic E-state index is 12.7. The number of anilines is 1. The van der Waals surface area contributed by atoms with Crippen molar-refractivity contribution in [1.29, 1.82) is 0 Å². The SMILES string of the molecule is CCCSc1nc(N2CCC[C@@H](CC(=O)O)C2)c(C(N)=O)cc1C1C2CC3CC1CC(O)(C3)C2. The number of carboxylic acids is 1. The summed E-state index contributed by atoms with van der Waals surface area (Å²) in [4.78, 5) is 31.1. The van der Waals surface area contributed by atoms with Gasteiger partial charge in [-0.1, -0.05) is 6.92 Å². The van der Waals surface area contributed by atoms with Crippen molar-refractivity contribution >= 4 is 29.5 Å². The largest absolute Gasteiger partial charge is 0.481 e. The Morgan fingerprint density at radius 1 is 1.26 bits per heavy atom. The van der Waals surface area contributed by atoms with Crippen molar-refractivity contribution in [2.24, 2.45) is 29.4 Å². The number of hydrogen-bond acceptors (Lipinski definition) is 6. The molecule has 4 aliphatic carbocycles. The van der Waals surface area contributed by atoms with Gasteiger partial charge >= 0.3 is 5.97 Å². The predicted octanol–water partition coefficient (Wildman–Crippen LogP) is 4.03. The Morgan fingerprint density at radius 3 is 2.62 bits per heavy atom. The molecule has 5 fully saturated rings. The van der Waals surface area contributed by atoms with E-state index in [0.29, 0.717) is 41.6 Å². The Morgan fingerprint density at radius 2 is 2.00 bits per heavy atom. The van der Waals surface area contributed by atoms with E-state index >= 15 is 0 Å². The van der Waals surface area contributed by atoms with Crippen LogP contribution in [0.4, 0.5) is 5.82 Å². The lowest BCUT2D eigenvalue weighted by Crippen LogP contribution is -2.53. The van der Waals surface area contributed by atoms with E-state index in [1.807, 2.05) is 6.07 Å². The number of carbonyl (C=O) groups excluding carboxylic acids is 1. The third kappa shape index (κ3) is 4.55. The van der Waals surface area contributed by atoms with Crippen LogP contribution in [-0.2, 0) is 4.79 Å². The van der Waals surface area contributed by atoms with E-state index in [4.69, 9.17) is 10.7 Å². The highest BCUT2D eigenvalue weighted by Gasteiger charge is 2.55. The van der Waals surface area contributed by atoms with Gasteiger partial charge in [-0.2, -0.15) is 0 Å². The van der Waals surface area contributed by atoms with E-state index < -0.39 is 17.5 Å². The number of primary amides is 1. The third-order valence-corrected chi connectivity index (χ3v) is 9.80. The zero-order chi connectivity index (χ0) is 24.0. The number of rotatable bonds is 8. The van der Waals surface area contributed by atoms with Crippen LogP contribution in [0.25, 0.3) is 0 Å². The van der Waals surface area contributed by atoms with Crippen molar-refractivity contribution in [3.63, 3.8) is 0 Å². The van der Waals surface area contributed by atoms with Gasteiger partial charge in [-0.15, -0.1) is 11.8 Å². The summed E-state index contributed by atoms with van der Waals surface area (Å²) in [6, 6.07) is 2.01. The zero-order valence-electron chi connectivity index (χ0n) is 20.0. The van der Waals surface area contributed by atoms with Gasteiger partial charge in [0.2, 0.25) is 0 Å². The highest BCUT2D eigenvalue weighted by molar-refractivity contribution is 7.99. The molecule has 5 aliphatic rings. The van der Waals surface area contributed by atoms with Gasteiger partial charge in [-0.25, -0.2) is 4.98 Å². The number of aromatic nitrogens is 1. The molecule has 1 saturated heterocycles. The Hall–Kier alpha value is -1.80. The molecule has 7 nitrogen and oxygen atoms in total. The molecule has 3 atom stereocenters. The molecule has 6 rings (SSSR count). The second-order valence-corrected chi connectivity index (χ2v) is 12.3. The topological polar surface area (TPSA) is 117 Å².